The SMILES string of the molecule is O=C(O)[C@@H]1O[C@@H](O[C@H]2[C@H](O)[C@@H](NS(=O)(=O)O)[C@@H](O[C@H]3[C@H](O)[C@@H](OS(=O)(=O)O)[C@H](O[C@H]4[C@H](O)[C@@H](NS(=O)(=O)O)[C@@H](O[C@H]5[C@H](O)[C@@H](OS(=O)(=O)O)[C@H](O[C@H]6[C@H](O)[C@@H](CO)O[C@@H]6COS(=O)(=O)O)O[C@H]5C(=O)O)O[C@@H]4COS(=O)(=O)O)O[C@H]3C(=O)O)O[C@@H]2COS(=O)(=O)O)[C@H](OS(=O)(=O)O)[C@@H](O)[C@@H]1O. The minimum absolute atomic E-state index is 1.16. The molecule has 6 heterocycles. The predicted molar refractivity (Wildman–Crippen MR) is 287 cm³/mol. The first kappa shape index (κ1) is 86.5. The molecule has 101 heavy (non-hydrogen) atoms. The van der Waals surface area contributed by atoms with E-state index in [1.54, 1.807) is 0 Å². The molecule has 6 fully saturated rings. The van der Waals surface area contributed by atoms with E-state index in [0.29, 0.717) is 0 Å². The summed E-state index contributed by atoms with van der Waals surface area (Å²) < 4.78 is 357. The average molecular weight is 1660 g/mol. The van der Waals surface area contributed by atoms with E-state index in [1.165, 1.54) is 0 Å². The van der Waals surface area contributed by atoms with Crippen LogP contribution in [0, 0.1) is 0 Å². The molecule has 65 heteroatoms. The zero-order valence-electron chi connectivity index (χ0n) is 48.5. The number of ether oxygens (including phenoxy) is 11. The van der Waals surface area contributed by atoms with E-state index in [0.717, 1.165) is 9.44 Å². The molecular formula is C36H58N2O55S8. The van der Waals surface area contributed by atoms with Crippen LogP contribution in [0.25, 0.3) is 0 Å². The van der Waals surface area contributed by atoms with Crippen LogP contribution in [0.15, 0.2) is 0 Å². The van der Waals surface area contributed by atoms with Gasteiger partial charge in [-0.15, -0.1) is 0 Å². The molecule has 0 unspecified atom stereocenters. The number of carboxylic acid groups (broad SMARTS) is 3. The summed E-state index contributed by atoms with van der Waals surface area (Å²) in [5, 5.41) is 119. The molecule has 29 atom stereocenters. The molecule has 6 rings (SSSR count). The quantitative estimate of drug-likeness (QED) is 0.0271. The van der Waals surface area contributed by atoms with Crippen molar-refractivity contribution >= 4 is 101 Å². The molecule has 6 saturated heterocycles. The van der Waals surface area contributed by atoms with Gasteiger partial charge in [-0.3, -0.25) is 36.4 Å². The third-order valence-corrected chi connectivity index (χ3v) is 18.0. The van der Waals surface area contributed by atoms with Gasteiger partial charge in [-0.2, -0.15) is 76.8 Å². The Morgan fingerprint density at radius 1 is 0.307 bits per heavy atom. The summed E-state index contributed by atoms with van der Waals surface area (Å²) in [6.45, 7) is -6.37. The standard InChI is InChI=1S/C36H58N2O55S8/c39-1-5-11(40)18(6(80-5)2-77-96(59,60)61)83-35-25(92-100(71,72)73)16(45)21(27(89-35)30(49)50)86-33-10(38-95(56,57)58)13(42)20(8(82-33)4-79-98(65,66)67)85-36-26(93-101(74,75)76)17(46)22(28(90-36)31(51)52)87-32-9(37-94(53,54)55)12(41)19(7(81-32)3-78-97(62,63)64)84-34-24(91-99(68,69)70)15(44)14(43)23(88-34)29(47)48/h5-28,32-46H,1-4H2,(H,47,48)(H,49,50)(H,51,52)(H,53,54,55)(H,56,57,58)(H,59,60,61)(H,62,63,64)(H,65,66,67)(H,68,69,70)(H,71,72,73)(H,74,75,76)/t5-,6-,7-,8-,9-,10-,11-,12-,13-,14+,15+,16+,17+,18-,19-,20-,21+,22+,23-,24-,25-,26-,27-,28-,32-,33-,34-,35-,36-/m1/s1. The molecule has 0 aromatic heterocycles. The Labute approximate surface area is 563 Å². The third kappa shape index (κ3) is 24.1. The number of carbonyl (C=O) groups is 3. The third-order valence-electron chi connectivity index (χ3n) is 14.1. The molecule has 0 saturated carbocycles. The molecule has 0 bridgehead atoms. The zero-order chi connectivity index (χ0) is 76.7. The van der Waals surface area contributed by atoms with Crippen molar-refractivity contribution in [1.29, 1.82) is 0 Å². The molecule has 6 aliphatic rings. The van der Waals surface area contributed by atoms with Crippen LogP contribution in [0.1, 0.15) is 0 Å². The minimum atomic E-state index is -6.31. The molecule has 0 spiro atoms. The first-order chi connectivity index (χ1) is 45.9. The molecule has 0 aromatic rings. The molecule has 57 nitrogen and oxygen atoms in total. The van der Waals surface area contributed by atoms with Crippen molar-refractivity contribution in [3.63, 3.8) is 0 Å². The largest absolute Gasteiger partial charge is 0.479 e. The fourth-order valence-electron chi connectivity index (χ4n) is 10.2. The second-order valence-electron chi connectivity index (χ2n) is 21.0. The van der Waals surface area contributed by atoms with Crippen molar-refractivity contribution in [3.05, 3.63) is 0 Å². The normalized spacial score (nSPS) is 39.7. The maximum atomic E-state index is 13.1. The number of hydrogen-bond donors (Lipinski definition) is 21. The number of aliphatic hydroxyl groups excluding tert-OH is 8. The molecule has 0 aliphatic carbocycles. The lowest BCUT2D eigenvalue weighted by Crippen LogP contribution is -2.71. The first-order valence-electron chi connectivity index (χ1n) is 26.4. The number of rotatable bonds is 33. The number of carboxylic acids is 3. The fourth-order valence-corrected chi connectivity index (χ4v) is 13.8. The van der Waals surface area contributed by atoms with Gasteiger partial charge in [-0.25, -0.2) is 39.5 Å². The van der Waals surface area contributed by atoms with Crippen LogP contribution in [0.2, 0.25) is 0 Å². The number of hydrogen-bond acceptors (Lipinski definition) is 44. The highest BCUT2D eigenvalue weighted by molar-refractivity contribution is 7.84. The zero-order valence-corrected chi connectivity index (χ0v) is 55.1. The van der Waals surface area contributed by atoms with Crippen molar-refractivity contribution < 1.29 is 252 Å². The lowest BCUT2D eigenvalue weighted by atomic mass is 9.94. The van der Waals surface area contributed by atoms with Crippen molar-refractivity contribution in [1.82, 2.24) is 9.44 Å². The van der Waals surface area contributed by atoms with Gasteiger partial charge in [0.05, 0.1) is 26.4 Å². The van der Waals surface area contributed by atoms with Gasteiger partial charge >= 0.3 is 101 Å². The summed E-state index contributed by atoms with van der Waals surface area (Å²) in [6.07, 6.45) is -78.4. The van der Waals surface area contributed by atoms with Crippen LogP contribution >= 0.6 is 0 Å². The summed E-state index contributed by atoms with van der Waals surface area (Å²) in [5.41, 5.74) is 0. The maximum absolute atomic E-state index is 13.1. The summed E-state index contributed by atoms with van der Waals surface area (Å²) in [5.74, 6) is -7.22. The van der Waals surface area contributed by atoms with E-state index in [9.17, 15) is 170 Å². The Kier molecular flexibility index (Phi) is 28.3. The highest BCUT2D eigenvalue weighted by Gasteiger charge is 2.62. The smallest absolute Gasteiger partial charge is 0.397 e. The summed E-state index contributed by atoms with van der Waals surface area (Å²) >= 11 is 0. The molecular weight excluding hydrogens is 1600 g/mol. The van der Waals surface area contributed by atoms with Crippen molar-refractivity contribution in [2.24, 2.45) is 0 Å². The Morgan fingerprint density at radius 2 is 0.584 bits per heavy atom. The van der Waals surface area contributed by atoms with Crippen LogP contribution in [-0.2, 0) is 175 Å². The number of aliphatic carboxylic acids is 3. The van der Waals surface area contributed by atoms with Crippen LogP contribution in [0.5, 0.6) is 0 Å². The topological polar surface area (TPSA) is 890 Å². The molecule has 0 amide bonds. The lowest BCUT2D eigenvalue weighted by Gasteiger charge is -2.50. The van der Waals surface area contributed by atoms with Gasteiger partial charge in [0.15, 0.2) is 68.1 Å². The van der Waals surface area contributed by atoms with Crippen LogP contribution in [-0.4, -0.2) is 382 Å². The highest BCUT2D eigenvalue weighted by atomic mass is 32.3. The Morgan fingerprint density at radius 3 is 0.861 bits per heavy atom. The van der Waals surface area contributed by atoms with Crippen LogP contribution in [0.4, 0.5) is 0 Å². The van der Waals surface area contributed by atoms with Gasteiger partial charge in [0, 0.05) is 0 Å². The Balaban J connectivity index is 1.40. The van der Waals surface area contributed by atoms with E-state index in [1.807, 2.05) is 0 Å². The van der Waals surface area contributed by atoms with E-state index in [2.05, 4.69) is 25.1 Å². The van der Waals surface area contributed by atoms with Crippen molar-refractivity contribution in [2.75, 3.05) is 26.4 Å². The van der Waals surface area contributed by atoms with Gasteiger partial charge in [-0.1, -0.05) is 0 Å². The van der Waals surface area contributed by atoms with Crippen molar-refractivity contribution in [3.8, 4) is 0 Å². The monoisotopic (exact) mass is 1650 g/mol. The Hall–Kier alpha value is -3.39. The highest BCUT2D eigenvalue weighted by Crippen LogP contribution is 2.40. The predicted octanol–water partition coefficient (Wildman–Crippen LogP) is -15.4. The Bertz CT molecular complexity index is 3860. The van der Waals surface area contributed by atoms with Gasteiger partial charge in [0.2, 0.25) is 0 Å². The van der Waals surface area contributed by atoms with Crippen LogP contribution in [0.3, 0.4) is 0 Å². The lowest BCUT2D eigenvalue weighted by molar-refractivity contribution is -0.373. The minimum Gasteiger partial charge on any atom is -0.479 e. The van der Waals surface area contributed by atoms with E-state index in [-0.39, 0.29) is 0 Å². The summed E-state index contributed by atoms with van der Waals surface area (Å²) in [6, 6.07) is -6.10. The fraction of sp³-hybridized carbons (Fsp3) is 0.917. The number of aliphatic hydroxyl groups is 8. The first-order valence-corrected chi connectivity index (χ1v) is 37.5. The van der Waals surface area contributed by atoms with Crippen LogP contribution < -0.4 is 9.44 Å². The van der Waals surface area contributed by atoms with E-state index in [4.69, 9.17) is 56.7 Å². The van der Waals surface area contributed by atoms with E-state index >= 15 is 0 Å². The molecule has 590 valence electrons. The molecule has 21 N–H and O–H groups in total. The van der Waals surface area contributed by atoms with Gasteiger partial charge in [0.1, 0.15) is 110 Å². The van der Waals surface area contributed by atoms with E-state index < -0.39 is 305 Å². The van der Waals surface area contributed by atoms with Crippen molar-refractivity contribution in [2.45, 2.75) is 178 Å². The molecule has 6 aliphatic heterocycles. The van der Waals surface area contributed by atoms with Gasteiger partial charge < -0.3 is 108 Å². The molecule has 0 aromatic carbocycles. The second kappa shape index (κ2) is 33.0. The number of nitrogens with one attached hydrogen (secondary N) is 2. The van der Waals surface area contributed by atoms with Gasteiger partial charge in [0.25, 0.3) is 0 Å². The summed E-state index contributed by atoms with van der Waals surface area (Å²) in [7, 11) is -47.4. The maximum Gasteiger partial charge on any atom is 0.397 e. The molecule has 0 radical (unpaired) electrons. The summed E-state index contributed by atoms with van der Waals surface area (Å²) in [4.78, 5) is 38.0. The second-order valence-corrected chi connectivity index (χ2v) is 29.8. The average Bonchev–Trinajstić information content (AvgIpc) is 0.846. The van der Waals surface area contributed by atoms with Gasteiger partial charge in [-0.05, 0) is 0 Å².